The Labute approximate surface area is 118 Å². The molecular formula is C14H18FNO3S. The molecule has 20 heavy (non-hydrogen) atoms. The first-order valence-corrected chi connectivity index (χ1v) is 8.63. The summed E-state index contributed by atoms with van der Waals surface area (Å²) in [6, 6.07) is 2.78. The van der Waals surface area contributed by atoms with Gasteiger partial charge in [0.2, 0.25) is 10.0 Å². The van der Waals surface area contributed by atoms with Crippen LogP contribution in [0.1, 0.15) is 36.9 Å². The van der Waals surface area contributed by atoms with E-state index in [2.05, 4.69) is 0 Å². The molecule has 2 aliphatic rings. The second-order valence-electron chi connectivity index (χ2n) is 5.72. The number of benzene rings is 1. The maximum atomic E-state index is 14.0. The molecule has 4 nitrogen and oxygen atoms in total. The van der Waals surface area contributed by atoms with Crippen LogP contribution in [0, 0.1) is 11.7 Å². The maximum absolute atomic E-state index is 14.0. The fourth-order valence-corrected chi connectivity index (χ4v) is 3.66. The van der Waals surface area contributed by atoms with Crippen LogP contribution in [0.5, 0.6) is 5.75 Å². The molecule has 3 rings (SSSR count). The first-order chi connectivity index (χ1) is 9.36. The fraction of sp³-hybridized carbons (Fsp3) is 0.571. The molecule has 1 aromatic carbocycles. The van der Waals surface area contributed by atoms with Gasteiger partial charge < -0.3 is 4.74 Å². The predicted octanol–water partition coefficient (Wildman–Crippen LogP) is 2.45. The van der Waals surface area contributed by atoms with Crippen molar-refractivity contribution in [1.82, 2.24) is 4.31 Å². The van der Waals surface area contributed by atoms with E-state index in [-0.39, 0.29) is 18.3 Å². The van der Waals surface area contributed by atoms with Gasteiger partial charge in [0.15, 0.2) is 11.6 Å². The van der Waals surface area contributed by atoms with Gasteiger partial charge in [-0.1, -0.05) is 0 Å². The van der Waals surface area contributed by atoms with Crippen LogP contribution in [0.15, 0.2) is 12.1 Å². The Hall–Kier alpha value is -1.14. The van der Waals surface area contributed by atoms with E-state index in [0.29, 0.717) is 12.5 Å². The van der Waals surface area contributed by atoms with Crippen molar-refractivity contribution in [3.05, 3.63) is 29.1 Å². The van der Waals surface area contributed by atoms with Crippen molar-refractivity contribution in [3.8, 4) is 5.75 Å². The Morgan fingerprint density at radius 1 is 1.40 bits per heavy atom. The first-order valence-electron chi connectivity index (χ1n) is 6.78. The minimum Gasteiger partial charge on any atom is -0.490 e. The number of sulfonamides is 1. The van der Waals surface area contributed by atoms with Crippen LogP contribution in [-0.2, 0) is 16.6 Å². The summed E-state index contributed by atoms with van der Waals surface area (Å²) in [6.07, 6.45) is 3.46. The highest BCUT2D eigenvalue weighted by Crippen LogP contribution is 2.39. The molecule has 1 aliphatic carbocycles. The minimum atomic E-state index is -3.29. The van der Waals surface area contributed by atoms with E-state index in [4.69, 9.17) is 4.74 Å². The van der Waals surface area contributed by atoms with Gasteiger partial charge >= 0.3 is 0 Å². The molecule has 0 N–H and O–H groups in total. The standard InChI is InChI=1S/C14H18FNO3S/c1-9-12-6-14(19-8-10-3-4-10)13(15)5-11(12)7-16(9)20(2,17)18/h5-6,9-10H,3-4,7-8H2,1-2H3/t9-/m1/s1. The molecule has 1 atom stereocenters. The number of hydrogen-bond acceptors (Lipinski definition) is 3. The van der Waals surface area contributed by atoms with Crippen LogP contribution >= 0.6 is 0 Å². The second-order valence-corrected chi connectivity index (χ2v) is 7.66. The largest absolute Gasteiger partial charge is 0.490 e. The highest BCUT2D eigenvalue weighted by Gasteiger charge is 2.34. The Morgan fingerprint density at radius 3 is 2.70 bits per heavy atom. The fourth-order valence-electron chi connectivity index (χ4n) is 2.60. The van der Waals surface area contributed by atoms with Crippen LogP contribution in [0.25, 0.3) is 0 Å². The maximum Gasteiger partial charge on any atom is 0.212 e. The zero-order valence-electron chi connectivity index (χ0n) is 11.6. The molecule has 0 spiro atoms. The monoisotopic (exact) mass is 299 g/mol. The van der Waals surface area contributed by atoms with Crippen LogP contribution in [0.2, 0.25) is 0 Å². The smallest absolute Gasteiger partial charge is 0.212 e. The third-order valence-electron chi connectivity index (χ3n) is 4.00. The van der Waals surface area contributed by atoms with E-state index >= 15 is 0 Å². The molecular weight excluding hydrogens is 281 g/mol. The number of hydrogen-bond donors (Lipinski definition) is 0. The van der Waals surface area contributed by atoms with Gasteiger partial charge in [-0.05, 0) is 48.9 Å². The normalized spacial score (nSPS) is 22.9. The lowest BCUT2D eigenvalue weighted by Gasteiger charge is -2.18. The topological polar surface area (TPSA) is 46.6 Å². The molecule has 1 fully saturated rings. The lowest BCUT2D eigenvalue weighted by atomic mass is 10.1. The summed E-state index contributed by atoms with van der Waals surface area (Å²) in [7, 11) is -3.29. The van der Waals surface area contributed by atoms with Crippen molar-refractivity contribution in [2.45, 2.75) is 32.4 Å². The third kappa shape index (κ3) is 2.54. The van der Waals surface area contributed by atoms with Gasteiger partial charge in [-0.2, -0.15) is 4.31 Å². The van der Waals surface area contributed by atoms with Gasteiger partial charge in [0.1, 0.15) is 0 Å². The van der Waals surface area contributed by atoms with Crippen LogP contribution in [0.4, 0.5) is 4.39 Å². The second kappa shape index (κ2) is 4.70. The highest BCUT2D eigenvalue weighted by atomic mass is 32.2. The summed E-state index contributed by atoms with van der Waals surface area (Å²) >= 11 is 0. The van der Waals surface area contributed by atoms with E-state index in [1.165, 1.54) is 16.6 Å². The van der Waals surface area contributed by atoms with E-state index < -0.39 is 15.8 Å². The number of halogens is 1. The summed E-state index contributed by atoms with van der Waals surface area (Å²) < 4.78 is 44.3. The molecule has 0 saturated heterocycles. The van der Waals surface area contributed by atoms with E-state index in [1.807, 2.05) is 6.92 Å². The van der Waals surface area contributed by atoms with Crippen molar-refractivity contribution < 1.29 is 17.5 Å². The van der Waals surface area contributed by atoms with Crippen LogP contribution < -0.4 is 4.74 Å². The number of nitrogens with zero attached hydrogens (tertiary/aromatic N) is 1. The zero-order valence-corrected chi connectivity index (χ0v) is 12.4. The Bertz CT molecular complexity index is 640. The van der Waals surface area contributed by atoms with Crippen molar-refractivity contribution in [3.63, 3.8) is 0 Å². The molecule has 110 valence electrons. The van der Waals surface area contributed by atoms with Crippen LogP contribution in [0.3, 0.4) is 0 Å². The molecule has 1 aromatic rings. The van der Waals surface area contributed by atoms with E-state index in [9.17, 15) is 12.8 Å². The molecule has 6 heteroatoms. The van der Waals surface area contributed by atoms with Gasteiger partial charge in [0, 0.05) is 12.6 Å². The van der Waals surface area contributed by atoms with Gasteiger partial charge in [0.25, 0.3) is 0 Å². The Kier molecular flexibility index (Phi) is 3.25. The highest BCUT2D eigenvalue weighted by molar-refractivity contribution is 7.88. The molecule has 0 amide bonds. The average molecular weight is 299 g/mol. The number of fused-ring (bicyclic) bond motifs is 1. The predicted molar refractivity (Wildman–Crippen MR) is 73.4 cm³/mol. The van der Waals surface area contributed by atoms with E-state index in [1.54, 1.807) is 6.07 Å². The van der Waals surface area contributed by atoms with Crippen molar-refractivity contribution in [2.75, 3.05) is 12.9 Å². The van der Waals surface area contributed by atoms with Crippen molar-refractivity contribution in [2.24, 2.45) is 5.92 Å². The molecule has 1 aliphatic heterocycles. The van der Waals surface area contributed by atoms with Crippen LogP contribution in [-0.4, -0.2) is 25.6 Å². The lowest BCUT2D eigenvalue weighted by molar-refractivity contribution is 0.284. The number of ether oxygens (including phenoxy) is 1. The van der Waals surface area contributed by atoms with E-state index in [0.717, 1.165) is 24.0 Å². The third-order valence-corrected chi connectivity index (χ3v) is 5.30. The Morgan fingerprint density at radius 2 is 2.10 bits per heavy atom. The SMILES string of the molecule is C[C@@H]1c2cc(OCC3CC3)c(F)cc2CN1S(C)(=O)=O. The summed E-state index contributed by atoms with van der Waals surface area (Å²) in [5, 5.41) is 0. The summed E-state index contributed by atoms with van der Waals surface area (Å²) in [4.78, 5) is 0. The minimum absolute atomic E-state index is 0.231. The Balaban J connectivity index is 1.88. The van der Waals surface area contributed by atoms with Gasteiger partial charge in [-0.25, -0.2) is 12.8 Å². The zero-order chi connectivity index (χ0) is 14.5. The van der Waals surface area contributed by atoms with Crippen molar-refractivity contribution in [1.29, 1.82) is 0 Å². The summed E-state index contributed by atoms with van der Waals surface area (Å²) in [5.74, 6) is 0.373. The van der Waals surface area contributed by atoms with Gasteiger partial charge in [-0.3, -0.25) is 0 Å². The van der Waals surface area contributed by atoms with Gasteiger partial charge in [-0.15, -0.1) is 0 Å². The van der Waals surface area contributed by atoms with Crippen molar-refractivity contribution >= 4 is 10.0 Å². The quantitative estimate of drug-likeness (QED) is 0.858. The molecule has 0 aromatic heterocycles. The average Bonchev–Trinajstić information content (AvgIpc) is 3.11. The number of rotatable bonds is 4. The first kappa shape index (κ1) is 13.8. The molecule has 0 radical (unpaired) electrons. The summed E-state index contributed by atoms with van der Waals surface area (Å²) in [5.41, 5.74) is 1.56. The summed E-state index contributed by atoms with van der Waals surface area (Å²) in [6.45, 7) is 2.59. The van der Waals surface area contributed by atoms with Gasteiger partial charge in [0.05, 0.1) is 12.9 Å². The lowest BCUT2D eigenvalue weighted by Crippen LogP contribution is -2.26. The molecule has 1 saturated carbocycles. The molecule has 0 bridgehead atoms. The molecule has 1 heterocycles. The molecule has 0 unspecified atom stereocenters.